The molecule has 0 aliphatic carbocycles. The van der Waals surface area contributed by atoms with Gasteiger partial charge in [0.25, 0.3) is 0 Å². The van der Waals surface area contributed by atoms with Crippen molar-refractivity contribution < 1.29 is 9.53 Å². The molecule has 0 aliphatic heterocycles. The fourth-order valence-electron chi connectivity index (χ4n) is 3.36. The lowest BCUT2D eigenvalue weighted by Crippen LogP contribution is -2.03. The maximum atomic E-state index is 11.9. The predicted octanol–water partition coefficient (Wildman–Crippen LogP) is 5.22. The molecular formula is C23H25NO2. The summed E-state index contributed by atoms with van der Waals surface area (Å²) < 4.78 is 7.34. The molecule has 0 radical (unpaired) electrons. The largest absolute Gasteiger partial charge is 0.463 e. The van der Waals surface area contributed by atoms with E-state index < -0.39 is 0 Å². The van der Waals surface area contributed by atoms with E-state index in [1.165, 1.54) is 22.0 Å². The lowest BCUT2D eigenvalue weighted by molar-refractivity contribution is -0.137. The van der Waals surface area contributed by atoms with E-state index in [4.69, 9.17) is 4.74 Å². The van der Waals surface area contributed by atoms with Crippen LogP contribution in [0.25, 0.3) is 16.5 Å². The molecule has 26 heavy (non-hydrogen) atoms. The maximum Gasteiger partial charge on any atom is 0.331 e. The highest BCUT2D eigenvalue weighted by atomic mass is 16.5. The lowest BCUT2D eigenvalue weighted by Gasteiger charge is -2.13. The van der Waals surface area contributed by atoms with Gasteiger partial charge in [0, 0.05) is 29.8 Å². The first-order valence-electron chi connectivity index (χ1n) is 9.14. The van der Waals surface area contributed by atoms with Gasteiger partial charge in [-0.2, -0.15) is 0 Å². The molecule has 134 valence electrons. The van der Waals surface area contributed by atoms with Crippen LogP contribution in [0.3, 0.4) is 0 Å². The number of esters is 1. The van der Waals surface area contributed by atoms with Crippen molar-refractivity contribution in [3.8, 4) is 0 Å². The van der Waals surface area contributed by atoms with Gasteiger partial charge in [0.1, 0.15) is 0 Å². The van der Waals surface area contributed by atoms with Gasteiger partial charge in [0.05, 0.1) is 12.1 Å². The second-order valence-electron chi connectivity index (χ2n) is 6.40. The number of nitrogens with zero attached hydrogens (tertiary/aromatic N) is 1. The number of fused-ring (bicyclic) bond motifs is 1. The molecule has 2 aromatic carbocycles. The van der Waals surface area contributed by atoms with E-state index >= 15 is 0 Å². The molecule has 0 N–H and O–H groups in total. The van der Waals surface area contributed by atoms with Gasteiger partial charge in [-0.3, -0.25) is 0 Å². The first kappa shape index (κ1) is 18.0. The van der Waals surface area contributed by atoms with Crippen LogP contribution >= 0.6 is 0 Å². The Hall–Kier alpha value is -2.81. The molecule has 0 fully saturated rings. The summed E-state index contributed by atoms with van der Waals surface area (Å²) in [6.45, 7) is 7.15. The first-order valence-corrected chi connectivity index (χ1v) is 9.14. The van der Waals surface area contributed by atoms with Crippen molar-refractivity contribution >= 4 is 22.4 Å². The van der Waals surface area contributed by atoms with Crippen molar-refractivity contribution in [1.82, 2.24) is 4.57 Å². The Kier molecular flexibility index (Phi) is 5.57. The van der Waals surface area contributed by atoms with Crippen molar-refractivity contribution in [1.29, 1.82) is 0 Å². The number of benzene rings is 2. The molecule has 3 aromatic rings. The standard InChI is InChI=1S/C23H25NO2/c1-4-19-11-12-20(17(3)15-22(25)26-5-2)23-21(19)13-14-24(23)16-18-9-7-6-8-10-18/h6-15H,4-5,16H2,1-3H3/b17-15+. The lowest BCUT2D eigenvalue weighted by atomic mass is 9.99. The van der Waals surface area contributed by atoms with Crippen molar-refractivity contribution in [2.45, 2.75) is 33.7 Å². The molecule has 3 nitrogen and oxygen atoms in total. The molecule has 0 unspecified atom stereocenters. The number of aryl methyl sites for hydroxylation is 1. The monoisotopic (exact) mass is 347 g/mol. The third kappa shape index (κ3) is 3.72. The summed E-state index contributed by atoms with van der Waals surface area (Å²) in [5.41, 5.74) is 5.74. The van der Waals surface area contributed by atoms with Crippen molar-refractivity contribution in [2.75, 3.05) is 6.61 Å². The molecule has 1 aromatic heterocycles. The predicted molar refractivity (Wildman–Crippen MR) is 107 cm³/mol. The van der Waals surface area contributed by atoms with Crippen LogP contribution in [0.5, 0.6) is 0 Å². The number of rotatable bonds is 6. The second kappa shape index (κ2) is 8.05. The molecule has 0 spiro atoms. The average Bonchev–Trinajstić information content (AvgIpc) is 3.06. The zero-order valence-electron chi connectivity index (χ0n) is 15.7. The van der Waals surface area contributed by atoms with E-state index in [0.29, 0.717) is 6.61 Å². The minimum absolute atomic E-state index is 0.293. The van der Waals surface area contributed by atoms with Crippen molar-refractivity contribution in [3.05, 3.63) is 77.5 Å². The first-order chi connectivity index (χ1) is 12.6. The Labute approximate surface area is 154 Å². The second-order valence-corrected chi connectivity index (χ2v) is 6.40. The average molecular weight is 347 g/mol. The van der Waals surface area contributed by atoms with Crippen LogP contribution in [0.4, 0.5) is 0 Å². The Bertz CT molecular complexity index is 936. The Morgan fingerprint density at radius 3 is 2.54 bits per heavy atom. The summed E-state index contributed by atoms with van der Waals surface area (Å²) in [5.74, 6) is -0.293. The van der Waals surface area contributed by atoms with Crippen LogP contribution in [-0.4, -0.2) is 17.1 Å². The summed E-state index contributed by atoms with van der Waals surface area (Å²) in [7, 11) is 0. The van der Waals surface area contributed by atoms with Crippen LogP contribution in [-0.2, 0) is 22.5 Å². The molecular weight excluding hydrogens is 322 g/mol. The zero-order valence-corrected chi connectivity index (χ0v) is 15.7. The molecule has 0 amide bonds. The fraction of sp³-hybridized carbons (Fsp3) is 0.261. The number of carbonyl (C=O) groups is 1. The highest BCUT2D eigenvalue weighted by molar-refractivity contribution is 5.98. The van der Waals surface area contributed by atoms with Gasteiger partial charge in [0.2, 0.25) is 0 Å². The molecule has 0 saturated heterocycles. The maximum absolute atomic E-state index is 11.9. The Balaban J connectivity index is 2.11. The summed E-state index contributed by atoms with van der Waals surface area (Å²) in [4.78, 5) is 11.9. The molecule has 0 atom stereocenters. The van der Waals surface area contributed by atoms with Gasteiger partial charge in [-0.1, -0.05) is 49.4 Å². The van der Waals surface area contributed by atoms with Crippen LogP contribution in [0.1, 0.15) is 37.5 Å². The molecule has 3 heteroatoms. The molecule has 3 rings (SSSR count). The zero-order chi connectivity index (χ0) is 18.5. The molecule has 0 aliphatic rings. The molecule has 0 bridgehead atoms. The van der Waals surface area contributed by atoms with Crippen LogP contribution in [0.15, 0.2) is 60.8 Å². The fourth-order valence-corrected chi connectivity index (χ4v) is 3.36. The number of aromatic nitrogens is 1. The number of hydrogen-bond acceptors (Lipinski definition) is 2. The normalized spacial score (nSPS) is 11.7. The highest BCUT2D eigenvalue weighted by Crippen LogP contribution is 2.30. The van der Waals surface area contributed by atoms with E-state index in [1.807, 2.05) is 19.9 Å². The van der Waals surface area contributed by atoms with Crippen LogP contribution in [0.2, 0.25) is 0 Å². The summed E-state index contributed by atoms with van der Waals surface area (Å²) in [6.07, 6.45) is 4.70. The van der Waals surface area contributed by atoms with Gasteiger partial charge in [-0.05, 0) is 43.0 Å². The Morgan fingerprint density at radius 2 is 1.85 bits per heavy atom. The summed E-state index contributed by atoms with van der Waals surface area (Å²) >= 11 is 0. The highest BCUT2D eigenvalue weighted by Gasteiger charge is 2.13. The quantitative estimate of drug-likeness (QED) is 0.452. The van der Waals surface area contributed by atoms with E-state index in [-0.39, 0.29) is 5.97 Å². The van der Waals surface area contributed by atoms with Gasteiger partial charge < -0.3 is 9.30 Å². The van der Waals surface area contributed by atoms with E-state index in [1.54, 1.807) is 6.08 Å². The van der Waals surface area contributed by atoms with Gasteiger partial charge in [0.15, 0.2) is 0 Å². The third-order valence-electron chi connectivity index (χ3n) is 4.64. The van der Waals surface area contributed by atoms with Gasteiger partial charge in [-0.15, -0.1) is 0 Å². The smallest absolute Gasteiger partial charge is 0.331 e. The molecule has 1 heterocycles. The van der Waals surface area contributed by atoms with E-state index in [2.05, 4.69) is 60.2 Å². The minimum Gasteiger partial charge on any atom is -0.463 e. The van der Waals surface area contributed by atoms with E-state index in [9.17, 15) is 4.79 Å². The SMILES string of the molecule is CCOC(=O)/C=C(\C)c1ccc(CC)c2ccn(Cc3ccccc3)c12. The van der Waals surface area contributed by atoms with Crippen LogP contribution in [0, 0.1) is 0 Å². The topological polar surface area (TPSA) is 31.2 Å². The summed E-state index contributed by atoms with van der Waals surface area (Å²) in [5, 5.41) is 1.25. The van der Waals surface area contributed by atoms with Crippen LogP contribution < -0.4 is 0 Å². The van der Waals surface area contributed by atoms with Crippen molar-refractivity contribution in [2.24, 2.45) is 0 Å². The number of hydrogen-bond donors (Lipinski definition) is 0. The number of ether oxygens (including phenoxy) is 1. The Morgan fingerprint density at radius 1 is 1.08 bits per heavy atom. The van der Waals surface area contributed by atoms with Crippen molar-refractivity contribution in [3.63, 3.8) is 0 Å². The third-order valence-corrected chi connectivity index (χ3v) is 4.64. The summed E-state index contributed by atoms with van der Waals surface area (Å²) in [6, 6.07) is 16.9. The minimum atomic E-state index is -0.293. The van der Waals surface area contributed by atoms with Gasteiger partial charge >= 0.3 is 5.97 Å². The number of allylic oxidation sites excluding steroid dienone is 1. The van der Waals surface area contributed by atoms with E-state index in [0.717, 1.165) is 24.1 Å². The van der Waals surface area contributed by atoms with Gasteiger partial charge in [-0.25, -0.2) is 4.79 Å². The molecule has 0 saturated carbocycles. The number of carbonyl (C=O) groups excluding carboxylic acids is 1.